The molecule has 4 unspecified atom stereocenters. The van der Waals surface area contributed by atoms with Crippen LogP contribution in [0.25, 0.3) is 0 Å². The molecule has 2 amide bonds. The maximum atomic E-state index is 14.1. The lowest BCUT2D eigenvalue weighted by atomic mass is 9.60. The number of amides is 2. The fourth-order valence-electron chi connectivity index (χ4n) is 6.94. The number of rotatable bonds is 5. The predicted octanol–water partition coefficient (Wildman–Crippen LogP) is 4.97. The molecule has 1 aromatic heterocycles. The van der Waals surface area contributed by atoms with Gasteiger partial charge in [0.2, 0.25) is 11.8 Å². The number of nitrogens with zero attached hydrogens (tertiary/aromatic N) is 1. The fraction of sp³-hybridized carbons (Fsp3) is 0.206. The van der Waals surface area contributed by atoms with Gasteiger partial charge in [0.15, 0.2) is 17.3 Å². The fourth-order valence-corrected chi connectivity index (χ4v) is 7.39. The number of hydrogen-bond acceptors (Lipinski definition) is 7. The van der Waals surface area contributed by atoms with E-state index in [4.69, 9.17) is 4.42 Å². The Morgan fingerprint density at radius 3 is 2.33 bits per heavy atom. The summed E-state index contributed by atoms with van der Waals surface area (Å²) >= 11 is 3.22. The van der Waals surface area contributed by atoms with Crippen LogP contribution in [0.1, 0.15) is 46.2 Å². The summed E-state index contributed by atoms with van der Waals surface area (Å²) in [5.41, 5.74) is 2.71. The van der Waals surface area contributed by atoms with Crippen LogP contribution in [0.2, 0.25) is 0 Å². The number of ketones is 3. The molecule has 2 heterocycles. The Kier molecular flexibility index (Phi) is 6.59. The zero-order valence-corrected chi connectivity index (χ0v) is 24.2. The van der Waals surface area contributed by atoms with Crippen LogP contribution < -0.4 is 4.90 Å². The number of anilines is 1. The molecule has 1 fully saturated rings. The molecule has 43 heavy (non-hydrogen) atoms. The number of benzene rings is 2. The first-order valence-corrected chi connectivity index (χ1v) is 14.7. The quantitative estimate of drug-likeness (QED) is 0.181. The van der Waals surface area contributed by atoms with Crippen LogP contribution in [0, 0.1) is 17.8 Å². The van der Waals surface area contributed by atoms with Gasteiger partial charge >= 0.3 is 0 Å². The van der Waals surface area contributed by atoms with Crippen LogP contribution in [0.15, 0.2) is 105 Å². The maximum Gasteiger partial charge on any atom is 0.238 e. The number of aliphatic hydroxyl groups excluding tert-OH is 1. The third-order valence-electron chi connectivity index (χ3n) is 8.88. The highest BCUT2D eigenvalue weighted by molar-refractivity contribution is 9.12. The molecule has 8 nitrogen and oxygen atoms in total. The van der Waals surface area contributed by atoms with Crippen molar-refractivity contribution in [1.29, 1.82) is 0 Å². The third kappa shape index (κ3) is 4.25. The highest BCUT2D eigenvalue weighted by Crippen LogP contribution is 2.55. The van der Waals surface area contributed by atoms with Crippen LogP contribution in [0.3, 0.4) is 0 Å². The largest absolute Gasteiger partial charge is 0.463 e. The number of halogens is 1. The molecule has 2 aromatic carbocycles. The van der Waals surface area contributed by atoms with Gasteiger partial charge in [-0.2, -0.15) is 0 Å². The van der Waals surface area contributed by atoms with Crippen molar-refractivity contribution in [2.45, 2.75) is 25.4 Å². The first kappa shape index (κ1) is 27.4. The molecule has 1 N–H and O–H groups in total. The molecule has 4 aliphatic rings. The summed E-state index contributed by atoms with van der Waals surface area (Å²) in [5, 5.41) is 9.61. The second-order valence-electron chi connectivity index (χ2n) is 11.1. The molecular formula is C34H24BrNO7. The molecule has 1 aliphatic heterocycles. The predicted molar refractivity (Wildman–Crippen MR) is 158 cm³/mol. The first-order chi connectivity index (χ1) is 20.8. The van der Waals surface area contributed by atoms with Crippen LogP contribution in [-0.4, -0.2) is 34.3 Å². The average Bonchev–Trinajstić information content (AvgIpc) is 3.61. The molecule has 4 atom stereocenters. The summed E-state index contributed by atoms with van der Waals surface area (Å²) in [5.74, 6) is -3.44. The van der Waals surface area contributed by atoms with Gasteiger partial charge in [0.1, 0.15) is 18.1 Å². The Balaban J connectivity index is 1.25. The van der Waals surface area contributed by atoms with Crippen molar-refractivity contribution >= 4 is 50.8 Å². The molecule has 7 rings (SSSR count). The maximum absolute atomic E-state index is 14.1. The lowest BCUT2D eigenvalue weighted by Crippen LogP contribution is -2.39. The van der Waals surface area contributed by atoms with E-state index in [1.807, 2.05) is 12.1 Å². The third-order valence-corrected chi connectivity index (χ3v) is 9.47. The molecule has 1 saturated heterocycles. The lowest BCUT2D eigenvalue weighted by molar-refractivity contribution is -0.123. The van der Waals surface area contributed by atoms with Gasteiger partial charge in [0.05, 0.1) is 27.9 Å². The molecule has 0 spiro atoms. The van der Waals surface area contributed by atoms with Crippen molar-refractivity contribution in [3.63, 3.8) is 0 Å². The van der Waals surface area contributed by atoms with Gasteiger partial charge in [-0.05, 0) is 71.1 Å². The summed E-state index contributed by atoms with van der Waals surface area (Å²) in [6, 6.07) is 18.6. The standard InChI is InChI=1S/C34H24BrNO7/c35-25-15-26(38)29-24(32(25)40)14-23-21(30(29)27-13-10-20(16-37)43-27)11-12-22-28(23)34(42)36(33(22)41)19-8-6-18(7-9-19)31(39)17-4-2-1-3-5-17/h1-11,13,15,22-23,28,30,37H,12,14,16H2. The molecule has 3 aliphatic carbocycles. The molecule has 214 valence electrons. The molecule has 3 aromatic rings. The number of aliphatic hydroxyl groups is 1. The Hall–Kier alpha value is -4.47. The van der Waals surface area contributed by atoms with E-state index < -0.39 is 23.7 Å². The summed E-state index contributed by atoms with van der Waals surface area (Å²) in [6.07, 6.45) is 3.59. The minimum atomic E-state index is -0.741. The van der Waals surface area contributed by atoms with E-state index in [-0.39, 0.29) is 53.1 Å². The first-order valence-electron chi connectivity index (χ1n) is 13.9. The Labute approximate surface area is 254 Å². The van der Waals surface area contributed by atoms with E-state index in [2.05, 4.69) is 15.9 Å². The van der Waals surface area contributed by atoms with E-state index >= 15 is 0 Å². The Morgan fingerprint density at radius 1 is 0.907 bits per heavy atom. The van der Waals surface area contributed by atoms with Crippen molar-refractivity contribution in [2.75, 3.05) is 4.90 Å². The second kappa shape index (κ2) is 10.4. The van der Waals surface area contributed by atoms with Crippen LogP contribution in [-0.2, 0) is 25.8 Å². The summed E-state index contributed by atoms with van der Waals surface area (Å²) in [6.45, 7) is -0.332. The summed E-state index contributed by atoms with van der Waals surface area (Å²) in [4.78, 5) is 68.5. The second-order valence-corrected chi connectivity index (χ2v) is 12.0. The van der Waals surface area contributed by atoms with E-state index in [0.29, 0.717) is 39.5 Å². The summed E-state index contributed by atoms with van der Waals surface area (Å²) in [7, 11) is 0. The van der Waals surface area contributed by atoms with Gasteiger partial charge < -0.3 is 9.52 Å². The van der Waals surface area contributed by atoms with Crippen molar-refractivity contribution in [3.05, 3.63) is 123 Å². The normalized spacial score (nSPS) is 24.8. The van der Waals surface area contributed by atoms with E-state index in [0.717, 1.165) is 5.57 Å². The topological polar surface area (TPSA) is 122 Å². The molecule has 0 saturated carbocycles. The van der Waals surface area contributed by atoms with Crippen LogP contribution >= 0.6 is 15.9 Å². The summed E-state index contributed by atoms with van der Waals surface area (Å²) < 4.78 is 6.03. The van der Waals surface area contributed by atoms with Crippen LogP contribution in [0.4, 0.5) is 5.69 Å². The number of imide groups is 1. The number of allylic oxidation sites excluding steroid dienone is 6. The average molecular weight is 638 g/mol. The number of carbonyl (C=O) groups excluding carboxylic acids is 5. The van der Waals surface area contributed by atoms with Crippen molar-refractivity contribution < 1.29 is 33.5 Å². The highest BCUT2D eigenvalue weighted by atomic mass is 79.9. The zero-order chi connectivity index (χ0) is 30.0. The zero-order valence-electron chi connectivity index (χ0n) is 22.7. The van der Waals surface area contributed by atoms with Gasteiger partial charge in [0.25, 0.3) is 0 Å². The SMILES string of the molecule is O=C1C=C(Br)C(=O)C2=C1C(c1ccc(CO)o1)C1=CCC3C(=O)N(c4ccc(C(=O)c5ccccc5)cc4)C(=O)C3C1C2. The number of carbonyl (C=O) groups is 5. The van der Waals surface area contributed by atoms with Crippen molar-refractivity contribution in [3.8, 4) is 0 Å². The van der Waals surface area contributed by atoms with Gasteiger partial charge in [0, 0.05) is 28.3 Å². The van der Waals surface area contributed by atoms with E-state index in [9.17, 15) is 29.1 Å². The Morgan fingerprint density at radius 2 is 1.63 bits per heavy atom. The minimum Gasteiger partial charge on any atom is -0.463 e. The van der Waals surface area contributed by atoms with Crippen molar-refractivity contribution in [1.82, 2.24) is 0 Å². The number of furan rings is 1. The monoisotopic (exact) mass is 637 g/mol. The number of Topliss-reactive ketones (excluding diaryl/α,β-unsaturated/α-hetero) is 1. The molecule has 0 radical (unpaired) electrons. The number of hydrogen-bond donors (Lipinski definition) is 1. The van der Waals surface area contributed by atoms with Gasteiger partial charge in [-0.25, -0.2) is 0 Å². The molecule has 0 bridgehead atoms. The van der Waals surface area contributed by atoms with Gasteiger partial charge in [-0.3, -0.25) is 28.9 Å². The van der Waals surface area contributed by atoms with E-state index in [1.54, 1.807) is 60.7 Å². The van der Waals surface area contributed by atoms with Crippen molar-refractivity contribution in [2.24, 2.45) is 17.8 Å². The highest BCUT2D eigenvalue weighted by Gasteiger charge is 2.57. The lowest BCUT2D eigenvalue weighted by Gasteiger charge is -2.41. The smallest absolute Gasteiger partial charge is 0.238 e. The van der Waals surface area contributed by atoms with Crippen LogP contribution in [0.5, 0.6) is 0 Å². The van der Waals surface area contributed by atoms with E-state index in [1.165, 1.54) is 11.0 Å². The number of fused-ring (bicyclic) bond motifs is 3. The van der Waals surface area contributed by atoms with Gasteiger partial charge in [-0.1, -0.05) is 42.0 Å². The minimum absolute atomic E-state index is 0.136. The van der Waals surface area contributed by atoms with Gasteiger partial charge in [-0.15, -0.1) is 0 Å². The Bertz CT molecular complexity index is 1830. The molecular weight excluding hydrogens is 614 g/mol. The molecule has 9 heteroatoms.